The molecule has 1 saturated carbocycles. The Kier molecular flexibility index (Phi) is 21.0. The number of aromatic nitrogens is 3. The van der Waals surface area contributed by atoms with Crippen LogP contribution >= 0.6 is 0 Å². The first-order chi connectivity index (χ1) is 33.4. The van der Waals surface area contributed by atoms with E-state index in [9.17, 15) is 33.6 Å². The van der Waals surface area contributed by atoms with Crippen molar-refractivity contribution in [3.8, 4) is 0 Å². The number of unbranched alkanes of at least 4 members (excludes halogenated alkanes) is 1. The quantitative estimate of drug-likeness (QED) is 0.0451. The van der Waals surface area contributed by atoms with Crippen molar-refractivity contribution in [2.24, 2.45) is 17.6 Å². The topological polar surface area (TPSA) is 258 Å². The van der Waals surface area contributed by atoms with Crippen molar-refractivity contribution in [1.29, 1.82) is 0 Å². The van der Waals surface area contributed by atoms with E-state index in [2.05, 4.69) is 36.9 Å². The molecule has 2 aliphatic rings. The van der Waals surface area contributed by atoms with Crippen molar-refractivity contribution < 1.29 is 43.0 Å². The molecule has 2 unspecified atom stereocenters. The molecule has 7 amide bonds. The summed E-state index contributed by atoms with van der Waals surface area (Å²) < 4.78 is 13.4. The van der Waals surface area contributed by atoms with Gasteiger partial charge in [-0.25, -0.2) is 0 Å². The molecular formula is C51H74N10O9. The second kappa shape index (κ2) is 26.8. The standard InChI is InChI=1S/C51H74N10O9/c1-35-14-20-39(21-15-35)54-48(67)41(13-9-10-26-52)56-49(68)42(29-36-11-7-6-8-12-36)55-43(62)33-69-34-44(63)57-50(2,3)25-28-70-51(4,5)24-27-60-32-40(58-59-60)30-53-47(66)38-18-16-37(17-19-38)31-61-45(64)22-23-46(61)65/h6-8,11-12,14-15,20-21,32,37-38,41-42H,9-10,13,16-19,22-31,33-34,52H2,1-5H3,(H,53,66)(H,54,67)(H,55,62)(H,56,68)(H,57,63). The van der Waals surface area contributed by atoms with Gasteiger partial charge in [-0.15, -0.1) is 5.10 Å². The van der Waals surface area contributed by atoms with Crippen molar-refractivity contribution in [1.82, 2.24) is 41.2 Å². The molecule has 3 aromatic rings. The van der Waals surface area contributed by atoms with Crippen LogP contribution in [0.15, 0.2) is 60.8 Å². The zero-order valence-electron chi connectivity index (χ0n) is 41.6. The summed E-state index contributed by atoms with van der Waals surface area (Å²) in [5.74, 6) is -2.04. The second-order valence-corrected chi connectivity index (χ2v) is 19.9. The first-order valence-corrected chi connectivity index (χ1v) is 24.6. The highest BCUT2D eigenvalue weighted by molar-refractivity contribution is 6.02. The molecule has 70 heavy (non-hydrogen) atoms. The van der Waals surface area contributed by atoms with E-state index < -0.39 is 54.2 Å². The normalized spacial score (nSPS) is 17.1. The van der Waals surface area contributed by atoms with Gasteiger partial charge >= 0.3 is 0 Å². The lowest BCUT2D eigenvalue weighted by Gasteiger charge is -2.30. The number of nitrogens with one attached hydrogen (secondary N) is 5. The summed E-state index contributed by atoms with van der Waals surface area (Å²) in [6.45, 7) is 10.8. The average molecular weight is 971 g/mol. The minimum Gasteiger partial charge on any atom is -0.375 e. The largest absolute Gasteiger partial charge is 0.375 e. The number of hydrogen-bond acceptors (Lipinski definition) is 12. The molecule has 0 bridgehead atoms. The van der Waals surface area contributed by atoms with E-state index in [0.29, 0.717) is 95.4 Å². The lowest BCUT2D eigenvalue weighted by molar-refractivity contribution is -0.140. The fourth-order valence-corrected chi connectivity index (χ4v) is 8.49. The average Bonchev–Trinajstić information content (AvgIpc) is 3.92. The molecule has 19 heteroatoms. The molecule has 1 saturated heterocycles. The van der Waals surface area contributed by atoms with Gasteiger partial charge in [0.2, 0.25) is 41.4 Å². The molecule has 1 aliphatic heterocycles. The zero-order chi connectivity index (χ0) is 50.7. The highest BCUT2D eigenvalue weighted by Gasteiger charge is 2.34. The van der Waals surface area contributed by atoms with Gasteiger partial charge in [0.15, 0.2) is 0 Å². The molecular weight excluding hydrogens is 897 g/mol. The van der Waals surface area contributed by atoms with Crippen LogP contribution in [0.5, 0.6) is 0 Å². The number of nitrogens with zero attached hydrogens (tertiary/aromatic N) is 4. The third-order valence-corrected chi connectivity index (χ3v) is 12.8. The number of anilines is 1. The molecule has 1 aliphatic carbocycles. The first kappa shape index (κ1) is 54.9. The third kappa shape index (κ3) is 18.7. The predicted molar refractivity (Wildman–Crippen MR) is 262 cm³/mol. The summed E-state index contributed by atoms with van der Waals surface area (Å²) in [7, 11) is 0. The number of benzene rings is 2. The molecule has 5 rings (SSSR count). The van der Waals surface area contributed by atoms with Gasteiger partial charge in [-0.05, 0) is 123 Å². The maximum Gasteiger partial charge on any atom is 0.246 e. The van der Waals surface area contributed by atoms with Crippen molar-refractivity contribution >= 4 is 47.0 Å². The highest BCUT2D eigenvalue weighted by atomic mass is 16.5. The molecule has 1 aromatic heterocycles. The van der Waals surface area contributed by atoms with Crippen LogP contribution in [0.2, 0.25) is 0 Å². The lowest BCUT2D eigenvalue weighted by atomic mass is 9.81. The smallest absolute Gasteiger partial charge is 0.246 e. The van der Waals surface area contributed by atoms with Crippen LogP contribution < -0.4 is 32.3 Å². The van der Waals surface area contributed by atoms with Gasteiger partial charge in [-0.2, -0.15) is 0 Å². The summed E-state index contributed by atoms with van der Waals surface area (Å²) in [5, 5.41) is 22.8. The fourth-order valence-electron chi connectivity index (χ4n) is 8.49. The number of aryl methyl sites for hydroxylation is 2. The van der Waals surface area contributed by atoms with E-state index in [1.54, 1.807) is 23.0 Å². The summed E-state index contributed by atoms with van der Waals surface area (Å²) in [4.78, 5) is 91.6. The van der Waals surface area contributed by atoms with E-state index >= 15 is 0 Å². The van der Waals surface area contributed by atoms with Crippen LogP contribution in [-0.2, 0) is 62.5 Å². The van der Waals surface area contributed by atoms with E-state index in [1.165, 1.54) is 4.90 Å². The number of amides is 7. The summed E-state index contributed by atoms with van der Waals surface area (Å²) >= 11 is 0. The summed E-state index contributed by atoms with van der Waals surface area (Å²) in [5.41, 5.74) is 7.60. The Bertz CT molecular complexity index is 2190. The van der Waals surface area contributed by atoms with Gasteiger partial charge in [0.25, 0.3) is 0 Å². The predicted octanol–water partition coefficient (Wildman–Crippen LogP) is 3.62. The number of likely N-dealkylation sites (tertiary alicyclic amines) is 1. The van der Waals surface area contributed by atoms with Gasteiger partial charge in [-0.1, -0.05) is 53.2 Å². The van der Waals surface area contributed by atoms with Gasteiger partial charge in [-0.3, -0.25) is 43.1 Å². The number of hydrogen-bond donors (Lipinski definition) is 6. The molecule has 2 fully saturated rings. The zero-order valence-corrected chi connectivity index (χ0v) is 41.6. The molecule has 0 radical (unpaired) electrons. The van der Waals surface area contributed by atoms with Gasteiger partial charge in [0.1, 0.15) is 31.0 Å². The van der Waals surface area contributed by atoms with Crippen LogP contribution in [0.4, 0.5) is 5.69 Å². The van der Waals surface area contributed by atoms with E-state index in [1.807, 2.05) is 77.1 Å². The van der Waals surface area contributed by atoms with E-state index in [0.717, 1.165) is 24.0 Å². The van der Waals surface area contributed by atoms with Crippen LogP contribution in [0, 0.1) is 18.8 Å². The van der Waals surface area contributed by atoms with Gasteiger partial charge < -0.3 is 41.8 Å². The molecule has 2 atom stereocenters. The number of nitrogens with two attached hydrogens (primary N) is 1. The van der Waals surface area contributed by atoms with Crippen LogP contribution in [0.1, 0.15) is 115 Å². The van der Waals surface area contributed by atoms with E-state index in [4.69, 9.17) is 15.2 Å². The third-order valence-electron chi connectivity index (χ3n) is 12.8. The monoisotopic (exact) mass is 971 g/mol. The maximum atomic E-state index is 13.8. The fraction of sp³-hybridized carbons (Fsp3) is 0.588. The Morgan fingerprint density at radius 2 is 1.51 bits per heavy atom. The Morgan fingerprint density at radius 3 is 2.20 bits per heavy atom. The van der Waals surface area contributed by atoms with Crippen molar-refractivity contribution in [3.05, 3.63) is 77.6 Å². The molecule has 19 nitrogen and oxygen atoms in total. The molecule has 0 spiro atoms. The maximum absolute atomic E-state index is 13.8. The van der Waals surface area contributed by atoms with Crippen LogP contribution in [0.25, 0.3) is 0 Å². The number of carbonyl (C=O) groups is 7. The van der Waals surface area contributed by atoms with Crippen molar-refractivity contribution in [2.75, 3.05) is 38.2 Å². The van der Waals surface area contributed by atoms with Crippen molar-refractivity contribution in [2.45, 2.75) is 148 Å². The number of ether oxygens (including phenoxy) is 2. The molecule has 2 heterocycles. The van der Waals surface area contributed by atoms with E-state index in [-0.39, 0.29) is 48.4 Å². The Morgan fingerprint density at radius 1 is 0.829 bits per heavy atom. The number of imide groups is 1. The molecule has 7 N–H and O–H groups in total. The van der Waals surface area contributed by atoms with Gasteiger partial charge in [0, 0.05) is 56.1 Å². The Hall–Kier alpha value is -6.05. The van der Waals surface area contributed by atoms with Crippen molar-refractivity contribution in [3.63, 3.8) is 0 Å². The Balaban J connectivity index is 0.991. The summed E-state index contributed by atoms with van der Waals surface area (Å²) in [6, 6.07) is 14.6. The minimum absolute atomic E-state index is 0.0282. The highest BCUT2D eigenvalue weighted by Crippen LogP contribution is 2.31. The first-order valence-electron chi connectivity index (χ1n) is 24.6. The molecule has 382 valence electrons. The lowest BCUT2D eigenvalue weighted by Crippen LogP contribution is -2.54. The van der Waals surface area contributed by atoms with Crippen LogP contribution in [0.3, 0.4) is 0 Å². The SMILES string of the molecule is Cc1ccc(NC(=O)C(CCCCN)NC(=O)C(Cc2ccccc2)NC(=O)COCC(=O)NC(C)(C)CCOC(C)(C)CCn2cc(CNC(=O)C3CCC(CN4C(=O)CCC4=O)CC3)nn2)cc1. The number of rotatable bonds is 28. The van der Waals surface area contributed by atoms with Crippen LogP contribution in [-0.4, -0.2) is 117 Å². The number of carbonyl (C=O) groups excluding carboxylic acids is 7. The molecule has 2 aromatic carbocycles. The second-order valence-electron chi connectivity index (χ2n) is 19.9. The van der Waals surface area contributed by atoms with Gasteiger partial charge in [0.05, 0.1) is 18.3 Å². The minimum atomic E-state index is -1.04. The summed E-state index contributed by atoms with van der Waals surface area (Å²) in [6.07, 6.45) is 8.32. The Labute approximate surface area is 411 Å².